The maximum atomic E-state index is 10.7. The maximum absolute atomic E-state index is 10.7. The second-order valence-electron chi connectivity index (χ2n) is 1.70. The van der Waals surface area contributed by atoms with E-state index in [-0.39, 0.29) is 5.95 Å². The van der Waals surface area contributed by atoms with Crippen LogP contribution in [0.5, 0.6) is 0 Å². The van der Waals surface area contributed by atoms with Crippen molar-refractivity contribution in [2.24, 2.45) is 4.36 Å². The van der Waals surface area contributed by atoms with Gasteiger partial charge in [-0.15, -0.1) is 0 Å². The quantitative estimate of drug-likeness (QED) is 0.652. The Morgan fingerprint density at radius 3 is 2.54 bits per heavy atom. The number of urea groups is 1. The highest BCUT2D eigenvalue weighted by molar-refractivity contribution is 7.62. The van der Waals surface area contributed by atoms with Gasteiger partial charge in [0.1, 0.15) is 12.7 Å². The minimum atomic E-state index is -2.78. The third-order valence-electron chi connectivity index (χ3n) is 0.870. The van der Waals surface area contributed by atoms with Crippen molar-refractivity contribution in [3.05, 3.63) is 12.7 Å². The molecule has 68 valence electrons. The fraction of sp³-hybridized carbons (Fsp3) is 0. The van der Waals surface area contributed by atoms with E-state index in [2.05, 4.69) is 19.3 Å². The highest BCUT2D eigenvalue weighted by atomic mass is 32.2. The minimum absolute atomic E-state index is 0.0609. The highest BCUT2D eigenvalue weighted by Gasteiger charge is 2.00. The molecule has 0 saturated carbocycles. The molecule has 0 aliphatic carbocycles. The molecule has 0 spiro atoms. The van der Waals surface area contributed by atoms with Crippen molar-refractivity contribution < 1.29 is 13.2 Å². The summed E-state index contributed by atoms with van der Waals surface area (Å²) >= 11 is 0. The summed E-state index contributed by atoms with van der Waals surface area (Å²) in [5.41, 5.74) is 0. The summed E-state index contributed by atoms with van der Waals surface area (Å²) < 4.78 is 22.5. The normalized spacial score (nSPS) is 8.92. The highest BCUT2D eigenvalue weighted by Crippen LogP contribution is 1.92. The molecule has 9 heteroatoms. The average molecular weight is 201 g/mol. The smallest absolute Gasteiger partial charge is 0.273 e. The van der Waals surface area contributed by atoms with E-state index in [1.807, 2.05) is 5.32 Å². The summed E-state index contributed by atoms with van der Waals surface area (Å²) in [5.74, 6) is -0.0609. The Morgan fingerprint density at radius 2 is 2.00 bits per heavy atom. The standard InChI is InChI=1S/C4H3N5O3S/c10-4(9-13(11)12)8-3-6-1-5-2-7-3/h1-2H,(H,5,6,7,8,10). The zero-order valence-electron chi connectivity index (χ0n) is 6.08. The van der Waals surface area contributed by atoms with Gasteiger partial charge >= 0.3 is 16.5 Å². The third kappa shape index (κ3) is 3.33. The molecule has 0 unspecified atom stereocenters. The Balaban J connectivity index is 2.72. The molecule has 0 aliphatic rings. The summed E-state index contributed by atoms with van der Waals surface area (Å²) in [5, 5.41) is 2.01. The van der Waals surface area contributed by atoms with Gasteiger partial charge in [0.2, 0.25) is 5.95 Å². The fourth-order valence-corrected chi connectivity index (χ4v) is 0.671. The number of carbonyl (C=O) groups excluding carboxylic acids is 1. The lowest BCUT2D eigenvalue weighted by Gasteiger charge is -1.94. The number of anilines is 1. The van der Waals surface area contributed by atoms with Gasteiger partial charge in [0.25, 0.3) is 0 Å². The van der Waals surface area contributed by atoms with Crippen LogP contribution in [0.15, 0.2) is 17.0 Å². The van der Waals surface area contributed by atoms with Crippen LogP contribution in [0.4, 0.5) is 10.7 Å². The van der Waals surface area contributed by atoms with E-state index in [0.29, 0.717) is 0 Å². The van der Waals surface area contributed by atoms with Gasteiger partial charge in [-0.1, -0.05) is 4.36 Å². The SMILES string of the molecule is O=C(N=S(=O)=O)Nc1ncncn1. The van der Waals surface area contributed by atoms with Crippen LogP contribution < -0.4 is 5.32 Å². The van der Waals surface area contributed by atoms with Crippen molar-refractivity contribution in [2.75, 3.05) is 5.32 Å². The van der Waals surface area contributed by atoms with Crippen LogP contribution in [0, 0.1) is 0 Å². The topological polar surface area (TPSA) is 114 Å². The van der Waals surface area contributed by atoms with Gasteiger partial charge in [-0.25, -0.2) is 19.7 Å². The first-order valence-electron chi connectivity index (χ1n) is 2.92. The fourth-order valence-electron chi connectivity index (χ4n) is 0.490. The van der Waals surface area contributed by atoms with Crippen molar-refractivity contribution in [2.45, 2.75) is 0 Å². The van der Waals surface area contributed by atoms with Crippen molar-refractivity contribution in [1.29, 1.82) is 0 Å². The maximum Gasteiger partial charge on any atom is 0.362 e. The molecule has 1 heterocycles. The van der Waals surface area contributed by atoms with Crippen LogP contribution in [0.25, 0.3) is 0 Å². The van der Waals surface area contributed by atoms with E-state index in [1.54, 1.807) is 0 Å². The molecule has 8 nitrogen and oxygen atoms in total. The van der Waals surface area contributed by atoms with Gasteiger partial charge in [-0.05, 0) is 0 Å². The molecule has 0 bridgehead atoms. The van der Waals surface area contributed by atoms with Crippen LogP contribution in [0.3, 0.4) is 0 Å². The van der Waals surface area contributed by atoms with E-state index in [1.165, 1.54) is 0 Å². The molecular formula is C4H3N5O3S. The minimum Gasteiger partial charge on any atom is -0.273 e. The first-order valence-corrected chi connectivity index (χ1v) is 3.96. The molecular weight excluding hydrogens is 198 g/mol. The van der Waals surface area contributed by atoms with E-state index < -0.39 is 16.5 Å². The summed E-state index contributed by atoms with van der Waals surface area (Å²) in [7, 11) is -2.78. The lowest BCUT2D eigenvalue weighted by Crippen LogP contribution is -2.08. The third-order valence-corrected chi connectivity index (χ3v) is 1.18. The van der Waals surface area contributed by atoms with Crippen molar-refractivity contribution >= 4 is 22.5 Å². The van der Waals surface area contributed by atoms with Crippen molar-refractivity contribution in [1.82, 2.24) is 15.0 Å². The molecule has 0 fully saturated rings. The number of rotatable bonds is 1. The number of hydrogen-bond donors (Lipinski definition) is 1. The number of hydrogen-bond acceptors (Lipinski definition) is 6. The van der Waals surface area contributed by atoms with Gasteiger partial charge in [0.05, 0.1) is 0 Å². The molecule has 0 aliphatic heterocycles. The van der Waals surface area contributed by atoms with Crippen LogP contribution in [0.1, 0.15) is 0 Å². The number of nitrogens with one attached hydrogen (secondary N) is 1. The molecule has 13 heavy (non-hydrogen) atoms. The second-order valence-corrected chi connectivity index (χ2v) is 2.32. The zero-order valence-corrected chi connectivity index (χ0v) is 6.89. The van der Waals surface area contributed by atoms with Gasteiger partial charge in [-0.2, -0.15) is 8.42 Å². The number of carbonyl (C=O) groups is 1. The largest absolute Gasteiger partial charge is 0.362 e. The summed E-state index contributed by atoms with van der Waals surface area (Å²) in [6.45, 7) is 0. The molecule has 1 aromatic heterocycles. The Hall–Kier alpha value is -1.90. The van der Waals surface area contributed by atoms with Crippen LogP contribution in [-0.2, 0) is 10.5 Å². The van der Waals surface area contributed by atoms with Gasteiger partial charge < -0.3 is 0 Å². The second kappa shape index (κ2) is 4.21. The molecule has 0 saturated heterocycles. The van der Waals surface area contributed by atoms with Crippen molar-refractivity contribution in [3.8, 4) is 0 Å². The van der Waals surface area contributed by atoms with Crippen LogP contribution >= 0.6 is 0 Å². The lowest BCUT2D eigenvalue weighted by atomic mass is 10.9. The summed E-state index contributed by atoms with van der Waals surface area (Å²) in [4.78, 5) is 21.2. The van der Waals surface area contributed by atoms with Crippen molar-refractivity contribution in [3.63, 3.8) is 0 Å². The Bertz CT molecular complexity index is 418. The average Bonchev–Trinajstić information content (AvgIpc) is 2.04. The summed E-state index contributed by atoms with van der Waals surface area (Å²) in [6, 6.07) is -1.06. The predicted octanol–water partition coefficient (Wildman–Crippen LogP) is -0.534. The van der Waals surface area contributed by atoms with Gasteiger partial charge in [0.15, 0.2) is 0 Å². The first kappa shape index (κ1) is 9.19. The van der Waals surface area contributed by atoms with E-state index in [4.69, 9.17) is 0 Å². The van der Waals surface area contributed by atoms with E-state index >= 15 is 0 Å². The molecule has 1 aromatic rings. The number of aromatic nitrogens is 3. The molecule has 1 rings (SSSR count). The van der Waals surface area contributed by atoms with E-state index in [9.17, 15) is 13.2 Å². The molecule has 0 atom stereocenters. The van der Waals surface area contributed by atoms with Crippen LogP contribution in [0.2, 0.25) is 0 Å². The lowest BCUT2D eigenvalue weighted by molar-refractivity contribution is 0.259. The first-order chi connectivity index (χ1) is 6.18. The van der Waals surface area contributed by atoms with Gasteiger partial charge in [0, 0.05) is 0 Å². The Labute approximate surface area is 73.8 Å². The molecule has 2 amide bonds. The van der Waals surface area contributed by atoms with Crippen LogP contribution in [-0.4, -0.2) is 29.4 Å². The molecule has 1 N–H and O–H groups in total. The number of amides is 2. The molecule has 0 radical (unpaired) electrons. The predicted molar refractivity (Wildman–Crippen MR) is 40.2 cm³/mol. The Kier molecular flexibility index (Phi) is 2.97. The summed E-state index contributed by atoms with van der Waals surface area (Å²) in [6.07, 6.45) is 2.30. The molecule has 0 aromatic carbocycles. The zero-order chi connectivity index (χ0) is 9.68. The van der Waals surface area contributed by atoms with Gasteiger partial charge in [-0.3, -0.25) is 5.32 Å². The monoisotopic (exact) mass is 201 g/mol. The Morgan fingerprint density at radius 1 is 1.38 bits per heavy atom. The number of nitrogens with zero attached hydrogens (tertiary/aromatic N) is 4. The van der Waals surface area contributed by atoms with E-state index in [0.717, 1.165) is 12.7 Å².